The summed E-state index contributed by atoms with van der Waals surface area (Å²) in [5.41, 5.74) is 1.83. The van der Waals surface area contributed by atoms with E-state index in [1.54, 1.807) is 24.3 Å². The van der Waals surface area contributed by atoms with Gasteiger partial charge in [-0.2, -0.15) is 16.5 Å². The van der Waals surface area contributed by atoms with Crippen molar-refractivity contribution in [1.82, 2.24) is 4.72 Å². The number of amides is 1. The molecule has 0 spiro atoms. The Bertz CT molecular complexity index is 928. The Morgan fingerprint density at radius 3 is 2.57 bits per heavy atom. The molecule has 6 nitrogen and oxygen atoms in total. The zero-order valence-electron chi connectivity index (χ0n) is 15.8. The number of phenolic OH excluding ortho intramolecular Hbond substituents is 1. The van der Waals surface area contributed by atoms with Gasteiger partial charge in [-0.15, -0.1) is 0 Å². The first kappa shape index (κ1) is 22.0. The molecule has 1 atom stereocenters. The summed E-state index contributed by atoms with van der Waals surface area (Å²) in [6, 6.07) is 12.9. The van der Waals surface area contributed by atoms with E-state index < -0.39 is 22.0 Å². The minimum atomic E-state index is -3.83. The predicted molar refractivity (Wildman–Crippen MR) is 116 cm³/mol. The van der Waals surface area contributed by atoms with Crippen LogP contribution in [0.4, 0.5) is 5.69 Å². The van der Waals surface area contributed by atoms with E-state index in [0.717, 1.165) is 16.5 Å². The van der Waals surface area contributed by atoms with E-state index in [0.29, 0.717) is 12.2 Å². The molecule has 0 aliphatic rings. The number of phenols is 1. The maximum Gasteiger partial charge on any atom is 0.242 e. The fourth-order valence-electron chi connectivity index (χ4n) is 2.42. The quantitative estimate of drug-likeness (QED) is 0.541. The summed E-state index contributed by atoms with van der Waals surface area (Å²) in [5, 5.41) is 13.6. The first-order chi connectivity index (χ1) is 13.3. The molecule has 2 aromatic rings. The van der Waals surface area contributed by atoms with E-state index in [2.05, 4.69) is 10.0 Å². The molecule has 0 saturated carbocycles. The number of nitrogens with one attached hydrogen (secondary N) is 2. The van der Waals surface area contributed by atoms with E-state index >= 15 is 0 Å². The Morgan fingerprint density at radius 2 is 1.93 bits per heavy atom. The number of aryl methyl sites for hydroxylation is 1. The molecule has 0 aliphatic carbocycles. The van der Waals surface area contributed by atoms with Gasteiger partial charge in [-0.25, -0.2) is 8.42 Å². The monoisotopic (exact) mass is 420 g/mol. The third-order valence-corrected chi connectivity index (χ3v) is 5.64. The minimum absolute atomic E-state index is 0.0659. The van der Waals surface area contributed by atoms with Gasteiger partial charge in [0.2, 0.25) is 15.9 Å². The Morgan fingerprint density at radius 1 is 1.21 bits per heavy atom. The van der Waals surface area contributed by atoms with Crippen molar-refractivity contribution in [1.29, 1.82) is 0 Å². The second kappa shape index (κ2) is 10.3. The Kier molecular flexibility index (Phi) is 8.10. The SMILES string of the molecule is CSCCC(NS(=O)(=O)/C=C/c1ccccc1)C(=O)Nc1ccc(C)cc1O. The third kappa shape index (κ3) is 7.03. The van der Waals surface area contributed by atoms with Gasteiger partial charge in [0.1, 0.15) is 11.8 Å². The number of hydrogen-bond acceptors (Lipinski definition) is 5. The van der Waals surface area contributed by atoms with E-state index in [1.807, 2.05) is 31.4 Å². The topological polar surface area (TPSA) is 95.5 Å². The van der Waals surface area contributed by atoms with Crippen molar-refractivity contribution >= 4 is 39.5 Å². The summed E-state index contributed by atoms with van der Waals surface area (Å²) in [5.74, 6) is 0.0109. The van der Waals surface area contributed by atoms with Crippen LogP contribution in [0.15, 0.2) is 53.9 Å². The predicted octanol–water partition coefficient (Wildman–Crippen LogP) is 3.35. The highest BCUT2D eigenvalue weighted by molar-refractivity contribution is 7.98. The molecule has 0 bridgehead atoms. The number of sulfonamides is 1. The molecule has 0 aromatic heterocycles. The van der Waals surface area contributed by atoms with Gasteiger partial charge in [0, 0.05) is 5.41 Å². The van der Waals surface area contributed by atoms with Gasteiger partial charge >= 0.3 is 0 Å². The highest BCUT2D eigenvalue weighted by Crippen LogP contribution is 2.24. The number of carbonyl (C=O) groups excluding carboxylic acids is 1. The van der Waals surface area contributed by atoms with Gasteiger partial charge in [0.25, 0.3) is 0 Å². The summed E-state index contributed by atoms with van der Waals surface area (Å²) >= 11 is 1.51. The molecule has 0 radical (unpaired) electrons. The third-order valence-electron chi connectivity index (χ3n) is 3.88. The Balaban J connectivity index is 2.13. The van der Waals surface area contributed by atoms with Crippen LogP contribution >= 0.6 is 11.8 Å². The molecule has 28 heavy (non-hydrogen) atoms. The fraction of sp³-hybridized carbons (Fsp3) is 0.250. The number of anilines is 1. The molecule has 0 heterocycles. The molecule has 0 aliphatic heterocycles. The zero-order valence-corrected chi connectivity index (χ0v) is 17.4. The number of thioether (sulfide) groups is 1. The number of rotatable bonds is 9. The molecule has 3 N–H and O–H groups in total. The van der Waals surface area contributed by atoms with Crippen LogP contribution in [-0.4, -0.2) is 37.5 Å². The summed E-state index contributed by atoms with van der Waals surface area (Å²) in [4.78, 5) is 12.6. The van der Waals surface area contributed by atoms with Crippen LogP contribution in [0, 0.1) is 6.92 Å². The van der Waals surface area contributed by atoms with Crippen LogP contribution in [0.1, 0.15) is 17.5 Å². The first-order valence-corrected chi connectivity index (χ1v) is 11.6. The second-order valence-corrected chi connectivity index (χ2v) is 8.80. The minimum Gasteiger partial charge on any atom is -0.506 e. The molecule has 0 fully saturated rings. The standard InChI is InChI=1S/C20H24N2O4S2/c1-15-8-9-17(19(23)14-15)21-20(24)18(10-12-27-2)22-28(25,26)13-11-16-6-4-3-5-7-16/h3-9,11,13-14,18,22-23H,10,12H2,1-2H3,(H,21,24)/b13-11+. The van der Waals surface area contributed by atoms with Gasteiger partial charge in [0.05, 0.1) is 5.69 Å². The summed E-state index contributed by atoms with van der Waals surface area (Å²) in [7, 11) is -3.83. The lowest BCUT2D eigenvalue weighted by molar-refractivity contribution is -0.117. The average Bonchev–Trinajstić information content (AvgIpc) is 2.66. The molecule has 2 aromatic carbocycles. The van der Waals surface area contributed by atoms with Gasteiger partial charge in [-0.1, -0.05) is 36.4 Å². The van der Waals surface area contributed by atoms with E-state index in [4.69, 9.17) is 0 Å². The van der Waals surface area contributed by atoms with Crippen molar-refractivity contribution in [2.24, 2.45) is 0 Å². The van der Waals surface area contributed by atoms with Crippen LogP contribution in [0.25, 0.3) is 6.08 Å². The van der Waals surface area contributed by atoms with Gasteiger partial charge < -0.3 is 10.4 Å². The van der Waals surface area contributed by atoms with Gasteiger partial charge in [-0.05, 0) is 54.7 Å². The van der Waals surface area contributed by atoms with Gasteiger partial charge in [-0.3, -0.25) is 4.79 Å². The lowest BCUT2D eigenvalue weighted by Crippen LogP contribution is -2.43. The van der Waals surface area contributed by atoms with Crippen molar-refractivity contribution in [3.63, 3.8) is 0 Å². The molecule has 150 valence electrons. The molecule has 8 heteroatoms. The van der Waals surface area contributed by atoms with Crippen molar-refractivity contribution in [3.8, 4) is 5.75 Å². The number of carbonyl (C=O) groups is 1. The molecule has 1 amide bonds. The molecule has 1 unspecified atom stereocenters. The largest absolute Gasteiger partial charge is 0.506 e. The Labute approximate surface area is 170 Å². The molecular formula is C20H24N2O4S2. The molecular weight excluding hydrogens is 396 g/mol. The van der Waals surface area contributed by atoms with Gasteiger partial charge in [0.15, 0.2) is 0 Å². The molecule has 2 rings (SSSR count). The van der Waals surface area contributed by atoms with E-state index in [9.17, 15) is 18.3 Å². The van der Waals surface area contributed by atoms with E-state index in [-0.39, 0.29) is 11.4 Å². The summed E-state index contributed by atoms with van der Waals surface area (Å²) in [6.07, 6.45) is 3.67. The smallest absolute Gasteiger partial charge is 0.242 e. The van der Waals surface area contributed by atoms with Crippen LogP contribution in [0.3, 0.4) is 0 Å². The first-order valence-electron chi connectivity index (χ1n) is 8.65. The van der Waals surface area contributed by atoms with Crippen molar-refractivity contribution in [3.05, 3.63) is 65.1 Å². The summed E-state index contributed by atoms with van der Waals surface area (Å²) < 4.78 is 27.3. The second-order valence-electron chi connectivity index (χ2n) is 6.22. The van der Waals surface area contributed by atoms with E-state index in [1.165, 1.54) is 23.9 Å². The molecule has 0 saturated heterocycles. The van der Waals surface area contributed by atoms with Crippen LogP contribution in [-0.2, 0) is 14.8 Å². The lowest BCUT2D eigenvalue weighted by Gasteiger charge is -2.17. The van der Waals surface area contributed by atoms with Crippen molar-refractivity contribution in [2.75, 3.05) is 17.3 Å². The number of aromatic hydroxyl groups is 1. The van der Waals surface area contributed by atoms with Crippen LogP contribution in [0.2, 0.25) is 0 Å². The average molecular weight is 421 g/mol. The lowest BCUT2D eigenvalue weighted by atomic mass is 10.2. The maximum atomic E-state index is 12.6. The van der Waals surface area contributed by atoms with Crippen molar-refractivity contribution < 1.29 is 18.3 Å². The van der Waals surface area contributed by atoms with Crippen molar-refractivity contribution in [2.45, 2.75) is 19.4 Å². The fourth-order valence-corrected chi connectivity index (χ4v) is 3.92. The highest BCUT2D eigenvalue weighted by Gasteiger charge is 2.23. The Hall–Kier alpha value is -2.29. The summed E-state index contributed by atoms with van der Waals surface area (Å²) in [6.45, 7) is 1.82. The van der Waals surface area contributed by atoms with Crippen LogP contribution < -0.4 is 10.0 Å². The zero-order chi connectivity index (χ0) is 20.6. The number of hydrogen-bond donors (Lipinski definition) is 3. The van der Waals surface area contributed by atoms with Crippen LogP contribution in [0.5, 0.6) is 5.75 Å². The highest BCUT2D eigenvalue weighted by atomic mass is 32.2. The normalized spacial score (nSPS) is 12.8. The maximum absolute atomic E-state index is 12.6. The number of benzene rings is 2.